The molecule has 0 fully saturated rings. The Balaban J connectivity index is 1.75. The summed E-state index contributed by atoms with van der Waals surface area (Å²) in [5, 5.41) is 5.19. The highest BCUT2D eigenvalue weighted by Crippen LogP contribution is 2.37. The van der Waals surface area contributed by atoms with Gasteiger partial charge in [0.2, 0.25) is 5.91 Å². The zero-order chi connectivity index (χ0) is 33.8. The van der Waals surface area contributed by atoms with E-state index in [4.69, 9.17) is 10.5 Å². The standard InChI is InChI=1S/C35H41N5O6/c1-7-46-31(43)24-12-10-13-25(18-24)37-33(45)38-35(36)21-40(30(42)19-34(4,5)6)27-16-15-22(2)17-28(27)39(32(35)44)20-29(41)26-14-9-8-11-23(26)3/h8-18H,7,19-21,36H2,1-6H3,(H2,37,38,45). The third kappa shape index (κ3) is 7.78. The molecule has 1 aliphatic heterocycles. The van der Waals surface area contributed by atoms with Gasteiger partial charge in [-0.3, -0.25) is 25.0 Å². The van der Waals surface area contributed by atoms with Gasteiger partial charge in [0.25, 0.3) is 5.91 Å². The van der Waals surface area contributed by atoms with Gasteiger partial charge in [0.15, 0.2) is 11.4 Å². The fraction of sp³-hybridized carbons (Fsp3) is 0.343. The number of ether oxygens (including phenoxy) is 1. The second-order valence-corrected chi connectivity index (χ2v) is 12.7. The summed E-state index contributed by atoms with van der Waals surface area (Å²) in [6.45, 7) is 10.5. The van der Waals surface area contributed by atoms with Gasteiger partial charge in [0.1, 0.15) is 0 Å². The summed E-state index contributed by atoms with van der Waals surface area (Å²) in [4.78, 5) is 70.2. The van der Waals surface area contributed by atoms with Crippen molar-refractivity contribution in [1.29, 1.82) is 0 Å². The van der Waals surface area contributed by atoms with Gasteiger partial charge in [0.05, 0.1) is 36.6 Å². The summed E-state index contributed by atoms with van der Waals surface area (Å²) in [6, 6.07) is 17.5. The Labute approximate surface area is 269 Å². The molecular weight excluding hydrogens is 586 g/mol. The Morgan fingerprint density at radius 1 is 0.957 bits per heavy atom. The van der Waals surface area contributed by atoms with Crippen molar-refractivity contribution in [2.75, 3.05) is 34.8 Å². The molecule has 4 amide bonds. The lowest BCUT2D eigenvalue weighted by Gasteiger charge is -2.34. The molecule has 1 heterocycles. The summed E-state index contributed by atoms with van der Waals surface area (Å²) in [5.74, 6) is -1.98. The monoisotopic (exact) mass is 627 g/mol. The SMILES string of the molecule is CCOC(=O)c1cccc(NC(=O)NC2(N)CN(C(=O)CC(C)(C)C)c3ccc(C)cc3N(CC(=O)c3ccccc3C)C2=O)c1. The largest absolute Gasteiger partial charge is 0.462 e. The Hall–Kier alpha value is -5.03. The van der Waals surface area contributed by atoms with Crippen LogP contribution >= 0.6 is 0 Å². The third-order valence-electron chi connectivity index (χ3n) is 7.44. The number of benzene rings is 3. The molecule has 0 bridgehead atoms. The molecule has 11 heteroatoms. The lowest BCUT2D eigenvalue weighted by Crippen LogP contribution is -2.70. The number of hydrogen-bond donors (Lipinski definition) is 3. The minimum absolute atomic E-state index is 0.125. The van der Waals surface area contributed by atoms with Gasteiger partial charge < -0.3 is 20.3 Å². The van der Waals surface area contributed by atoms with Crippen molar-refractivity contribution >= 4 is 46.7 Å². The first-order valence-electron chi connectivity index (χ1n) is 15.1. The Bertz CT molecular complexity index is 1680. The number of nitrogens with zero attached hydrogens (tertiary/aromatic N) is 2. The van der Waals surface area contributed by atoms with E-state index in [1.807, 2.05) is 39.8 Å². The molecule has 1 atom stereocenters. The number of aryl methyl sites for hydroxylation is 2. The molecule has 3 aromatic rings. The van der Waals surface area contributed by atoms with Crippen LogP contribution in [0.2, 0.25) is 0 Å². The van der Waals surface area contributed by atoms with Crippen LogP contribution in [0.25, 0.3) is 0 Å². The van der Waals surface area contributed by atoms with Crippen LogP contribution in [0.1, 0.15) is 66.0 Å². The highest BCUT2D eigenvalue weighted by Gasteiger charge is 2.47. The van der Waals surface area contributed by atoms with Crippen LogP contribution in [0.15, 0.2) is 66.7 Å². The van der Waals surface area contributed by atoms with Gasteiger partial charge in [-0.05, 0) is 67.6 Å². The number of amides is 4. The summed E-state index contributed by atoms with van der Waals surface area (Å²) in [5.41, 5.74) is 7.37. The van der Waals surface area contributed by atoms with E-state index in [0.29, 0.717) is 16.9 Å². The average molecular weight is 628 g/mol. The maximum Gasteiger partial charge on any atom is 0.338 e. The van der Waals surface area contributed by atoms with Gasteiger partial charge in [-0.2, -0.15) is 0 Å². The van der Waals surface area contributed by atoms with E-state index in [2.05, 4.69) is 10.6 Å². The fourth-order valence-electron chi connectivity index (χ4n) is 5.27. The minimum Gasteiger partial charge on any atom is -0.462 e. The van der Waals surface area contributed by atoms with Crippen molar-refractivity contribution in [1.82, 2.24) is 5.32 Å². The van der Waals surface area contributed by atoms with Crippen LogP contribution in [0.4, 0.5) is 21.9 Å². The predicted octanol–water partition coefficient (Wildman–Crippen LogP) is 4.96. The number of rotatable bonds is 8. The van der Waals surface area contributed by atoms with Crippen molar-refractivity contribution < 1.29 is 28.7 Å². The molecule has 1 unspecified atom stereocenters. The first-order valence-corrected chi connectivity index (χ1v) is 15.1. The lowest BCUT2D eigenvalue weighted by molar-refractivity contribution is -0.124. The van der Waals surface area contributed by atoms with Crippen LogP contribution in [0.3, 0.4) is 0 Å². The number of carbonyl (C=O) groups excluding carboxylic acids is 5. The molecule has 0 aliphatic carbocycles. The molecule has 0 radical (unpaired) electrons. The number of nitrogens with two attached hydrogens (primary N) is 1. The van der Waals surface area contributed by atoms with Crippen molar-refractivity contribution in [3.63, 3.8) is 0 Å². The van der Waals surface area contributed by atoms with Gasteiger partial charge in [-0.1, -0.05) is 57.2 Å². The lowest BCUT2D eigenvalue weighted by atomic mass is 9.91. The number of anilines is 3. The molecule has 0 aromatic heterocycles. The second kappa shape index (κ2) is 13.5. The first-order chi connectivity index (χ1) is 21.6. The van der Waals surface area contributed by atoms with Crippen LogP contribution in [-0.4, -0.2) is 55.0 Å². The summed E-state index contributed by atoms with van der Waals surface area (Å²) in [7, 11) is 0. The number of hydrogen-bond acceptors (Lipinski definition) is 7. The quantitative estimate of drug-likeness (QED) is 0.182. The number of nitrogens with one attached hydrogen (secondary N) is 2. The molecule has 4 N–H and O–H groups in total. The van der Waals surface area contributed by atoms with Gasteiger partial charge >= 0.3 is 12.0 Å². The van der Waals surface area contributed by atoms with Crippen molar-refractivity contribution in [2.24, 2.45) is 11.1 Å². The highest BCUT2D eigenvalue weighted by atomic mass is 16.5. The van der Waals surface area contributed by atoms with E-state index in [9.17, 15) is 24.0 Å². The minimum atomic E-state index is -2.16. The number of fused-ring (bicyclic) bond motifs is 1. The molecule has 0 spiro atoms. The number of Topliss-reactive ketones (excluding diaryl/α,β-unsaturated/α-hetero) is 1. The van der Waals surface area contributed by atoms with Gasteiger partial charge in [0, 0.05) is 17.7 Å². The molecule has 46 heavy (non-hydrogen) atoms. The van der Waals surface area contributed by atoms with Gasteiger partial charge in [-0.15, -0.1) is 0 Å². The van der Waals surface area contributed by atoms with Crippen molar-refractivity contribution in [2.45, 2.75) is 53.6 Å². The third-order valence-corrected chi connectivity index (χ3v) is 7.44. The summed E-state index contributed by atoms with van der Waals surface area (Å²) in [6.07, 6.45) is 0.125. The fourth-order valence-corrected chi connectivity index (χ4v) is 5.27. The summed E-state index contributed by atoms with van der Waals surface area (Å²) < 4.78 is 5.04. The predicted molar refractivity (Wildman–Crippen MR) is 177 cm³/mol. The molecular formula is C35H41N5O6. The number of esters is 1. The zero-order valence-electron chi connectivity index (χ0n) is 27.1. The van der Waals surface area contributed by atoms with E-state index in [0.717, 1.165) is 11.1 Å². The topological polar surface area (TPSA) is 151 Å². The zero-order valence-corrected chi connectivity index (χ0v) is 27.1. The van der Waals surface area contributed by atoms with E-state index in [1.54, 1.807) is 62.4 Å². The maximum absolute atomic E-state index is 14.5. The number of carbonyl (C=O) groups is 5. The van der Waals surface area contributed by atoms with Gasteiger partial charge in [-0.25, -0.2) is 9.59 Å². The Morgan fingerprint density at radius 2 is 1.67 bits per heavy atom. The molecule has 4 rings (SSSR count). The van der Waals surface area contributed by atoms with E-state index < -0.39 is 35.5 Å². The molecule has 1 aliphatic rings. The first kappa shape index (κ1) is 33.9. The van der Waals surface area contributed by atoms with E-state index in [-0.39, 0.29) is 42.5 Å². The van der Waals surface area contributed by atoms with E-state index in [1.165, 1.54) is 15.9 Å². The molecule has 242 valence electrons. The number of ketones is 1. The average Bonchev–Trinajstić information content (AvgIpc) is 3.05. The second-order valence-electron chi connectivity index (χ2n) is 12.7. The normalized spacial score (nSPS) is 16.3. The Morgan fingerprint density at radius 3 is 2.35 bits per heavy atom. The molecule has 0 saturated heterocycles. The van der Waals surface area contributed by atoms with Crippen LogP contribution in [0, 0.1) is 19.3 Å². The highest BCUT2D eigenvalue weighted by molar-refractivity contribution is 6.14. The summed E-state index contributed by atoms with van der Waals surface area (Å²) >= 11 is 0. The van der Waals surface area contributed by atoms with Crippen molar-refractivity contribution in [3.8, 4) is 0 Å². The molecule has 0 saturated carbocycles. The molecule has 11 nitrogen and oxygen atoms in total. The van der Waals surface area contributed by atoms with Crippen LogP contribution in [0.5, 0.6) is 0 Å². The van der Waals surface area contributed by atoms with Crippen LogP contribution in [-0.2, 0) is 14.3 Å². The smallest absolute Gasteiger partial charge is 0.338 e. The Kier molecular flexibility index (Phi) is 9.96. The molecule has 3 aromatic carbocycles. The maximum atomic E-state index is 14.5. The van der Waals surface area contributed by atoms with Crippen molar-refractivity contribution in [3.05, 3.63) is 89.0 Å². The number of urea groups is 1. The van der Waals surface area contributed by atoms with Crippen LogP contribution < -0.4 is 26.2 Å². The van der Waals surface area contributed by atoms with E-state index >= 15 is 0 Å².